The maximum atomic E-state index is 12.6. The van der Waals surface area contributed by atoms with Gasteiger partial charge in [-0.2, -0.15) is 15.1 Å². The molecule has 3 aromatic rings. The van der Waals surface area contributed by atoms with E-state index in [1.165, 1.54) is 19.3 Å². The van der Waals surface area contributed by atoms with E-state index in [4.69, 9.17) is 5.73 Å². The minimum Gasteiger partial charge on any atom is -0.368 e. The summed E-state index contributed by atoms with van der Waals surface area (Å²) in [5, 5.41) is 10.7. The molecule has 1 fully saturated rings. The molecular formula is C19H27N9O. The molecule has 1 amide bonds. The maximum Gasteiger partial charge on any atom is 0.245 e. The minimum atomic E-state index is -0.183. The lowest BCUT2D eigenvalue weighted by molar-refractivity contribution is -0.116. The van der Waals surface area contributed by atoms with Crippen molar-refractivity contribution in [2.45, 2.75) is 65.1 Å². The number of rotatable bonds is 6. The molecule has 10 heteroatoms. The number of amides is 1. The molecule has 0 radical (unpaired) electrons. The van der Waals surface area contributed by atoms with Crippen molar-refractivity contribution in [1.82, 2.24) is 29.3 Å². The molecule has 0 unspecified atom stereocenters. The quantitative estimate of drug-likeness (QED) is 0.582. The number of nitrogens with one attached hydrogen (secondary N) is 2. The largest absolute Gasteiger partial charge is 0.368 e. The summed E-state index contributed by atoms with van der Waals surface area (Å²) in [5.74, 6) is 1.29. The number of carbonyl (C=O) groups excluding carboxylic acids is 1. The van der Waals surface area contributed by atoms with Crippen molar-refractivity contribution in [3.8, 4) is 0 Å². The molecule has 0 aromatic carbocycles. The number of aromatic nitrogens is 6. The number of imidazole rings is 1. The van der Waals surface area contributed by atoms with E-state index in [2.05, 4.69) is 30.7 Å². The molecular weight excluding hydrogens is 370 g/mol. The van der Waals surface area contributed by atoms with Crippen molar-refractivity contribution in [2.24, 2.45) is 0 Å². The summed E-state index contributed by atoms with van der Waals surface area (Å²) < 4.78 is 3.44. The topological polar surface area (TPSA) is 129 Å². The normalized spacial score (nSPS) is 15.0. The molecule has 0 spiro atoms. The number of nitrogens with zero attached hydrogens (tertiary/aromatic N) is 6. The number of hydrogen-bond donors (Lipinski definition) is 3. The first kappa shape index (κ1) is 19.2. The molecule has 0 saturated heterocycles. The van der Waals surface area contributed by atoms with Crippen LogP contribution in [0.2, 0.25) is 0 Å². The van der Waals surface area contributed by atoms with Crippen molar-refractivity contribution in [3.63, 3.8) is 0 Å². The van der Waals surface area contributed by atoms with E-state index < -0.39 is 0 Å². The Morgan fingerprint density at radius 1 is 1.28 bits per heavy atom. The Morgan fingerprint density at radius 3 is 2.83 bits per heavy atom. The van der Waals surface area contributed by atoms with Gasteiger partial charge in [0.15, 0.2) is 17.0 Å². The van der Waals surface area contributed by atoms with Gasteiger partial charge in [0.25, 0.3) is 0 Å². The van der Waals surface area contributed by atoms with Crippen LogP contribution in [0.5, 0.6) is 0 Å². The van der Waals surface area contributed by atoms with E-state index in [1.807, 2.05) is 19.9 Å². The van der Waals surface area contributed by atoms with Crippen LogP contribution in [0.4, 0.5) is 17.6 Å². The number of carbonyl (C=O) groups is 1. The zero-order chi connectivity index (χ0) is 20.4. The molecule has 3 aromatic heterocycles. The van der Waals surface area contributed by atoms with Crippen LogP contribution in [0.1, 0.15) is 44.7 Å². The van der Waals surface area contributed by atoms with Crippen molar-refractivity contribution in [3.05, 3.63) is 18.1 Å². The Hall–Kier alpha value is -3.17. The first-order valence-corrected chi connectivity index (χ1v) is 10.1. The van der Waals surface area contributed by atoms with Crippen LogP contribution < -0.4 is 16.4 Å². The van der Waals surface area contributed by atoms with E-state index in [9.17, 15) is 4.79 Å². The highest BCUT2D eigenvalue weighted by Crippen LogP contribution is 2.25. The third kappa shape index (κ3) is 4.15. The first-order chi connectivity index (χ1) is 14.0. The average molecular weight is 397 g/mol. The van der Waals surface area contributed by atoms with Crippen molar-refractivity contribution >= 4 is 34.7 Å². The van der Waals surface area contributed by atoms with Crippen LogP contribution in [-0.2, 0) is 17.9 Å². The molecule has 154 valence electrons. The first-order valence-electron chi connectivity index (χ1n) is 10.1. The zero-order valence-electron chi connectivity index (χ0n) is 16.9. The Balaban J connectivity index is 1.54. The van der Waals surface area contributed by atoms with Gasteiger partial charge in [-0.1, -0.05) is 19.3 Å². The third-order valence-electron chi connectivity index (χ3n) is 5.21. The number of anilines is 3. The SMILES string of the molecule is CCn1nc(C)cc1NC(=O)Cn1cnc2c(NC3CCCCC3)nc(N)nc21. The molecule has 10 nitrogen and oxygen atoms in total. The van der Waals surface area contributed by atoms with Gasteiger partial charge in [0.1, 0.15) is 12.4 Å². The van der Waals surface area contributed by atoms with Gasteiger partial charge in [-0.15, -0.1) is 0 Å². The van der Waals surface area contributed by atoms with Crippen LogP contribution in [0.3, 0.4) is 0 Å². The fourth-order valence-electron chi connectivity index (χ4n) is 3.84. The summed E-state index contributed by atoms with van der Waals surface area (Å²) in [6.45, 7) is 4.62. The van der Waals surface area contributed by atoms with Crippen molar-refractivity contribution in [2.75, 3.05) is 16.4 Å². The summed E-state index contributed by atoms with van der Waals surface area (Å²) in [5.41, 5.74) is 7.97. The number of nitrogen functional groups attached to an aromatic ring is 1. The van der Waals surface area contributed by atoms with Crippen LogP contribution in [0.15, 0.2) is 12.4 Å². The Bertz CT molecular complexity index is 1020. The molecule has 0 bridgehead atoms. The summed E-state index contributed by atoms with van der Waals surface area (Å²) in [7, 11) is 0. The lowest BCUT2D eigenvalue weighted by atomic mass is 9.95. The summed E-state index contributed by atoms with van der Waals surface area (Å²) in [6, 6.07) is 2.21. The number of fused-ring (bicyclic) bond motifs is 1. The minimum absolute atomic E-state index is 0.0732. The van der Waals surface area contributed by atoms with E-state index in [1.54, 1.807) is 15.6 Å². The van der Waals surface area contributed by atoms with Crippen molar-refractivity contribution < 1.29 is 4.79 Å². The summed E-state index contributed by atoms with van der Waals surface area (Å²) >= 11 is 0. The summed E-state index contributed by atoms with van der Waals surface area (Å²) in [4.78, 5) is 25.7. The Labute approximate surface area is 168 Å². The molecule has 29 heavy (non-hydrogen) atoms. The highest BCUT2D eigenvalue weighted by Gasteiger charge is 2.19. The monoisotopic (exact) mass is 397 g/mol. The molecule has 0 atom stereocenters. The average Bonchev–Trinajstić information content (AvgIpc) is 3.25. The highest BCUT2D eigenvalue weighted by molar-refractivity contribution is 5.91. The second-order valence-electron chi connectivity index (χ2n) is 7.49. The number of hydrogen-bond acceptors (Lipinski definition) is 7. The van der Waals surface area contributed by atoms with Crippen LogP contribution in [0.25, 0.3) is 11.2 Å². The molecule has 1 saturated carbocycles. The van der Waals surface area contributed by atoms with Gasteiger partial charge in [-0.05, 0) is 26.7 Å². The Morgan fingerprint density at radius 2 is 2.07 bits per heavy atom. The number of nitrogens with two attached hydrogens (primary N) is 1. The zero-order valence-corrected chi connectivity index (χ0v) is 16.9. The molecule has 1 aliphatic carbocycles. The van der Waals surface area contributed by atoms with E-state index in [0.717, 1.165) is 18.5 Å². The number of aryl methyl sites for hydroxylation is 2. The van der Waals surface area contributed by atoms with Crippen LogP contribution >= 0.6 is 0 Å². The van der Waals surface area contributed by atoms with Crippen molar-refractivity contribution in [1.29, 1.82) is 0 Å². The molecule has 0 aliphatic heterocycles. The van der Waals surface area contributed by atoms with Crippen LogP contribution in [0, 0.1) is 6.92 Å². The highest BCUT2D eigenvalue weighted by atomic mass is 16.2. The predicted octanol–water partition coefficient (Wildman–Crippen LogP) is 2.32. The fourth-order valence-corrected chi connectivity index (χ4v) is 3.84. The molecule has 4 rings (SSSR count). The molecule has 1 aliphatic rings. The Kier molecular flexibility index (Phi) is 5.32. The third-order valence-corrected chi connectivity index (χ3v) is 5.21. The van der Waals surface area contributed by atoms with Crippen LogP contribution in [-0.4, -0.2) is 41.2 Å². The van der Waals surface area contributed by atoms with Gasteiger partial charge >= 0.3 is 0 Å². The van der Waals surface area contributed by atoms with Gasteiger partial charge < -0.3 is 20.9 Å². The van der Waals surface area contributed by atoms with E-state index in [0.29, 0.717) is 35.4 Å². The van der Waals surface area contributed by atoms with Gasteiger partial charge in [-0.25, -0.2) is 9.67 Å². The molecule has 3 heterocycles. The fraction of sp³-hybridized carbons (Fsp3) is 0.526. The van der Waals surface area contributed by atoms with Gasteiger partial charge in [0, 0.05) is 18.7 Å². The second kappa shape index (κ2) is 8.06. The van der Waals surface area contributed by atoms with Gasteiger partial charge in [0.05, 0.1) is 12.0 Å². The van der Waals surface area contributed by atoms with Gasteiger partial charge in [-0.3, -0.25) is 4.79 Å². The molecule has 4 N–H and O–H groups in total. The lowest BCUT2D eigenvalue weighted by Crippen LogP contribution is -2.23. The smallest absolute Gasteiger partial charge is 0.245 e. The van der Waals surface area contributed by atoms with E-state index >= 15 is 0 Å². The lowest BCUT2D eigenvalue weighted by Gasteiger charge is -2.23. The predicted molar refractivity (Wildman–Crippen MR) is 111 cm³/mol. The second-order valence-corrected chi connectivity index (χ2v) is 7.49. The summed E-state index contributed by atoms with van der Waals surface area (Å²) in [6.07, 6.45) is 7.53. The maximum absolute atomic E-state index is 12.6. The standard InChI is InChI=1S/C19H27N9O/c1-3-28-14(9-12(2)26-28)23-15(29)10-27-11-21-16-17(24-19(20)25-18(16)27)22-13-7-5-4-6-8-13/h9,11,13H,3-8,10H2,1-2H3,(H,23,29)(H3,20,22,24,25). The van der Waals surface area contributed by atoms with E-state index in [-0.39, 0.29) is 18.4 Å². The van der Waals surface area contributed by atoms with Gasteiger partial charge in [0.2, 0.25) is 11.9 Å².